The summed E-state index contributed by atoms with van der Waals surface area (Å²) in [7, 11) is 0. The summed E-state index contributed by atoms with van der Waals surface area (Å²) in [5, 5.41) is 11.2. The third-order valence-corrected chi connectivity index (χ3v) is 5.75. The lowest BCUT2D eigenvalue weighted by Crippen LogP contribution is -2.51. The van der Waals surface area contributed by atoms with Gasteiger partial charge in [-0.1, -0.05) is 36.4 Å². The van der Waals surface area contributed by atoms with Gasteiger partial charge < -0.3 is 19.5 Å². The number of aliphatic hydroxyl groups is 1. The number of ether oxygens (including phenoxy) is 2. The topological polar surface area (TPSA) is 59.0 Å². The molecule has 1 aliphatic heterocycles. The normalized spacial score (nSPS) is 24.5. The van der Waals surface area contributed by atoms with Crippen molar-refractivity contribution < 1.29 is 19.4 Å². The summed E-state index contributed by atoms with van der Waals surface area (Å²) < 4.78 is 11.6. The van der Waals surface area contributed by atoms with Crippen LogP contribution >= 0.6 is 0 Å². The van der Waals surface area contributed by atoms with Crippen LogP contribution in [0.15, 0.2) is 48.5 Å². The monoisotopic (exact) mass is 381 g/mol. The van der Waals surface area contributed by atoms with Gasteiger partial charge >= 0.3 is 0 Å². The maximum absolute atomic E-state index is 11.9. The lowest BCUT2D eigenvalue weighted by atomic mass is 9.88. The molecule has 0 aromatic heterocycles. The summed E-state index contributed by atoms with van der Waals surface area (Å²) >= 11 is 0. The van der Waals surface area contributed by atoms with Crippen LogP contribution < -0.4 is 4.74 Å². The summed E-state index contributed by atoms with van der Waals surface area (Å²) in [6, 6.07) is 15.9. The Kier molecular flexibility index (Phi) is 5.13. The maximum Gasteiger partial charge on any atom is 0.248 e. The fraction of sp³-hybridized carbons (Fsp3) is 0.435. The van der Waals surface area contributed by atoms with Crippen LogP contribution in [0.25, 0.3) is 0 Å². The molecule has 2 aromatic carbocycles. The van der Waals surface area contributed by atoms with Gasteiger partial charge in [-0.05, 0) is 55.5 Å². The highest BCUT2D eigenvalue weighted by Gasteiger charge is 2.38. The van der Waals surface area contributed by atoms with Crippen LogP contribution in [0.4, 0.5) is 0 Å². The maximum atomic E-state index is 11.9. The fourth-order valence-corrected chi connectivity index (χ4v) is 4.17. The first-order chi connectivity index (χ1) is 13.5. The molecule has 1 fully saturated rings. The van der Waals surface area contributed by atoms with E-state index < -0.39 is 5.60 Å². The Labute approximate surface area is 165 Å². The van der Waals surface area contributed by atoms with Crippen molar-refractivity contribution in [3.63, 3.8) is 0 Å². The third kappa shape index (κ3) is 3.52. The summed E-state index contributed by atoms with van der Waals surface area (Å²) in [6.07, 6.45) is 1.36. The minimum absolute atomic E-state index is 0.0315. The number of rotatable bonds is 5. The molecule has 148 valence electrons. The van der Waals surface area contributed by atoms with Crippen molar-refractivity contribution in [3.05, 3.63) is 65.2 Å². The van der Waals surface area contributed by atoms with Crippen LogP contribution in [0.5, 0.6) is 5.75 Å². The van der Waals surface area contributed by atoms with Gasteiger partial charge in [0.2, 0.25) is 5.91 Å². The first kappa shape index (κ1) is 19.0. The molecule has 1 N–H and O–H groups in total. The largest absolute Gasteiger partial charge is 0.491 e. The van der Waals surface area contributed by atoms with Gasteiger partial charge in [0.1, 0.15) is 30.7 Å². The van der Waals surface area contributed by atoms with E-state index in [0.717, 1.165) is 28.9 Å². The predicted molar refractivity (Wildman–Crippen MR) is 106 cm³/mol. The van der Waals surface area contributed by atoms with Gasteiger partial charge in [0, 0.05) is 6.04 Å². The van der Waals surface area contributed by atoms with Crippen molar-refractivity contribution in [2.24, 2.45) is 0 Å². The number of fused-ring (bicyclic) bond motifs is 1. The molecule has 1 amide bonds. The zero-order valence-corrected chi connectivity index (χ0v) is 16.4. The van der Waals surface area contributed by atoms with Crippen LogP contribution in [-0.4, -0.2) is 47.8 Å². The number of carbonyl (C=O) groups is 1. The van der Waals surface area contributed by atoms with E-state index in [1.54, 1.807) is 0 Å². The van der Waals surface area contributed by atoms with Gasteiger partial charge in [-0.3, -0.25) is 4.79 Å². The number of hydrogen-bond donors (Lipinski definition) is 1. The summed E-state index contributed by atoms with van der Waals surface area (Å²) in [5.41, 5.74) is 2.07. The molecule has 4 rings (SSSR count). The summed E-state index contributed by atoms with van der Waals surface area (Å²) in [4.78, 5) is 13.7. The van der Waals surface area contributed by atoms with Crippen molar-refractivity contribution in [2.45, 2.75) is 44.4 Å². The first-order valence-corrected chi connectivity index (χ1v) is 9.92. The smallest absolute Gasteiger partial charge is 0.248 e. The molecule has 0 saturated carbocycles. The van der Waals surface area contributed by atoms with E-state index in [1.165, 1.54) is 0 Å². The number of hydrogen-bond acceptors (Lipinski definition) is 4. The van der Waals surface area contributed by atoms with Gasteiger partial charge in [0.25, 0.3) is 0 Å². The van der Waals surface area contributed by atoms with Crippen molar-refractivity contribution >= 4 is 5.91 Å². The molecule has 2 atom stereocenters. The molecule has 2 aliphatic rings. The molecule has 1 aliphatic carbocycles. The molecule has 0 bridgehead atoms. The lowest BCUT2D eigenvalue weighted by Gasteiger charge is -2.35. The Balaban J connectivity index is 1.44. The molecular weight excluding hydrogens is 354 g/mol. The van der Waals surface area contributed by atoms with Gasteiger partial charge in [-0.2, -0.15) is 0 Å². The van der Waals surface area contributed by atoms with E-state index in [9.17, 15) is 9.90 Å². The van der Waals surface area contributed by atoms with Gasteiger partial charge in [0.15, 0.2) is 0 Å². The number of morpholine rings is 1. The highest BCUT2D eigenvalue weighted by Crippen LogP contribution is 2.43. The van der Waals surface area contributed by atoms with Crippen LogP contribution in [0.3, 0.4) is 0 Å². The molecule has 2 unspecified atom stereocenters. The van der Waals surface area contributed by atoms with E-state index in [2.05, 4.69) is 0 Å². The van der Waals surface area contributed by atoms with Crippen molar-refractivity contribution in [2.75, 3.05) is 19.8 Å². The molecular formula is C23H27NO4. The second kappa shape index (κ2) is 7.57. The summed E-state index contributed by atoms with van der Waals surface area (Å²) in [5.74, 6) is 0.802. The Bertz CT molecular complexity index is 851. The third-order valence-electron chi connectivity index (χ3n) is 5.75. The average molecular weight is 381 g/mol. The number of nitrogens with zero attached hydrogens (tertiary/aromatic N) is 1. The molecule has 1 saturated heterocycles. The quantitative estimate of drug-likeness (QED) is 0.865. The number of aryl methyl sites for hydroxylation is 1. The molecule has 1 heterocycles. The zero-order chi connectivity index (χ0) is 19.7. The Hall–Kier alpha value is -2.37. The minimum atomic E-state index is -0.931. The highest BCUT2D eigenvalue weighted by atomic mass is 16.5. The van der Waals surface area contributed by atoms with Crippen LogP contribution in [0.2, 0.25) is 0 Å². The standard InChI is InChI=1S/C23H27NO4/c1-16(2)24-13-20(28-15-22(24)25)14-27-19-8-9-21-17(12-19)10-11-23(21,26)18-6-4-3-5-7-18/h3-9,12,16,20,26H,10-11,13-15H2,1-2H3. The Morgan fingerprint density at radius 2 is 2.04 bits per heavy atom. The lowest BCUT2D eigenvalue weighted by molar-refractivity contribution is -0.153. The first-order valence-electron chi connectivity index (χ1n) is 9.92. The van der Waals surface area contributed by atoms with E-state index in [4.69, 9.17) is 9.47 Å². The predicted octanol–water partition coefficient (Wildman–Crippen LogP) is 2.88. The molecule has 28 heavy (non-hydrogen) atoms. The average Bonchev–Trinajstić information content (AvgIpc) is 3.05. The van der Waals surface area contributed by atoms with Crippen LogP contribution in [0.1, 0.15) is 37.0 Å². The van der Waals surface area contributed by atoms with E-state index in [-0.39, 0.29) is 24.7 Å². The SMILES string of the molecule is CC(C)N1CC(COc2ccc3c(c2)CCC3(O)c2ccccc2)OCC1=O. The molecule has 5 heteroatoms. The van der Waals surface area contributed by atoms with Gasteiger partial charge in [0.05, 0.1) is 6.54 Å². The van der Waals surface area contributed by atoms with Crippen molar-refractivity contribution in [1.82, 2.24) is 4.90 Å². The van der Waals surface area contributed by atoms with Gasteiger partial charge in [-0.15, -0.1) is 0 Å². The molecule has 2 aromatic rings. The molecule has 0 spiro atoms. The Morgan fingerprint density at radius 3 is 2.79 bits per heavy atom. The fourth-order valence-electron chi connectivity index (χ4n) is 4.17. The number of carbonyl (C=O) groups excluding carboxylic acids is 1. The second-order valence-electron chi connectivity index (χ2n) is 7.93. The van der Waals surface area contributed by atoms with E-state index in [1.807, 2.05) is 67.3 Å². The zero-order valence-electron chi connectivity index (χ0n) is 16.4. The molecule has 5 nitrogen and oxygen atoms in total. The number of benzene rings is 2. The second-order valence-corrected chi connectivity index (χ2v) is 7.93. The number of amides is 1. The molecule has 0 radical (unpaired) electrons. The highest BCUT2D eigenvalue weighted by molar-refractivity contribution is 5.78. The van der Waals surface area contributed by atoms with Crippen molar-refractivity contribution in [3.8, 4) is 5.75 Å². The van der Waals surface area contributed by atoms with Crippen LogP contribution in [-0.2, 0) is 21.6 Å². The minimum Gasteiger partial charge on any atom is -0.491 e. The summed E-state index contributed by atoms with van der Waals surface area (Å²) in [6.45, 7) is 5.08. The van der Waals surface area contributed by atoms with Crippen LogP contribution in [0, 0.1) is 0 Å². The van der Waals surface area contributed by atoms with Gasteiger partial charge in [-0.25, -0.2) is 0 Å². The van der Waals surface area contributed by atoms with E-state index in [0.29, 0.717) is 19.6 Å². The Morgan fingerprint density at radius 1 is 1.25 bits per heavy atom. The van der Waals surface area contributed by atoms with E-state index >= 15 is 0 Å². The van der Waals surface area contributed by atoms with Crippen molar-refractivity contribution in [1.29, 1.82) is 0 Å².